The summed E-state index contributed by atoms with van der Waals surface area (Å²) in [4.78, 5) is 0. The molecule has 0 atom stereocenters. The van der Waals surface area contributed by atoms with E-state index in [1.165, 1.54) is 0 Å². The summed E-state index contributed by atoms with van der Waals surface area (Å²) in [6.45, 7) is 10.3. The minimum atomic E-state index is -1.05. The first kappa shape index (κ1) is 17.6. The topological polar surface area (TPSA) is 27.7 Å². The van der Waals surface area contributed by atoms with Crippen molar-refractivity contribution in [1.29, 1.82) is 0 Å². The van der Waals surface area contributed by atoms with Crippen LogP contribution in [0.3, 0.4) is 0 Å². The summed E-state index contributed by atoms with van der Waals surface area (Å²) in [7, 11) is -1.05. The smallest absolute Gasteiger partial charge is 0.370 e. The van der Waals surface area contributed by atoms with E-state index < -0.39 is 24.1 Å². The van der Waals surface area contributed by atoms with Gasteiger partial charge in [0.25, 0.3) is 0 Å². The van der Waals surface area contributed by atoms with E-state index >= 15 is 0 Å². The summed E-state index contributed by atoms with van der Waals surface area (Å²) in [5.41, 5.74) is -2.58. The molecule has 0 aromatic carbocycles. The molecule has 19 heavy (non-hydrogen) atoms. The van der Waals surface area contributed by atoms with Gasteiger partial charge >= 0.3 is 7.32 Å². The number of rotatable bonds is 6. The third kappa shape index (κ3) is 6.95. The lowest BCUT2D eigenvalue weighted by molar-refractivity contribution is -0.0203. The second kappa shape index (κ2) is 6.18. The summed E-state index contributed by atoms with van der Waals surface area (Å²) in [6, 6.07) is 0. The van der Waals surface area contributed by atoms with Crippen LogP contribution in [0.5, 0.6) is 0 Å². The largest absolute Gasteiger partial charge is 0.642 e. The Kier molecular flexibility index (Phi) is 5.73. The summed E-state index contributed by atoms with van der Waals surface area (Å²) >= 11 is 0. The van der Waals surface area contributed by atoms with Gasteiger partial charge < -0.3 is 14.0 Å². The Hall–Kier alpha value is -1.38. The zero-order valence-corrected chi connectivity index (χ0v) is 12.5. The highest BCUT2D eigenvalue weighted by Crippen LogP contribution is 2.20. The van der Waals surface area contributed by atoms with Gasteiger partial charge in [-0.3, -0.25) is 0 Å². The highest BCUT2D eigenvalue weighted by Gasteiger charge is 2.38. The molecular weight excluding hydrogens is 239 g/mol. The standard InChI is InChI=1S/C15H21BO3/c1-10-13(4,5)17-16(18-14(6,7)11-2)19-15(8,9)12-3/h1-3H,4-9H3. The van der Waals surface area contributed by atoms with Gasteiger partial charge in [0.15, 0.2) is 0 Å². The fraction of sp³-hybridized carbons (Fsp3) is 0.600. The molecule has 0 radical (unpaired) electrons. The van der Waals surface area contributed by atoms with Gasteiger partial charge in [-0.05, 0) is 41.5 Å². The van der Waals surface area contributed by atoms with Gasteiger partial charge in [0, 0.05) is 0 Å². The molecule has 0 aliphatic rings. The Morgan fingerprint density at radius 2 is 0.842 bits per heavy atom. The zero-order chi connectivity index (χ0) is 15.3. The first-order valence-corrected chi connectivity index (χ1v) is 5.94. The summed E-state index contributed by atoms with van der Waals surface area (Å²) in [6.07, 6.45) is 16.1. The van der Waals surface area contributed by atoms with E-state index in [0.717, 1.165) is 0 Å². The van der Waals surface area contributed by atoms with Crippen molar-refractivity contribution >= 4 is 7.32 Å². The number of terminal acetylenes is 3. The fourth-order valence-corrected chi connectivity index (χ4v) is 0.896. The maximum Gasteiger partial charge on any atom is 0.642 e. The molecule has 0 spiro atoms. The Morgan fingerprint density at radius 1 is 0.632 bits per heavy atom. The highest BCUT2D eigenvalue weighted by molar-refractivity contribution is 6.37. The molecular formula is C15H21BO3. The van der Waals surface area contributed by atoms with Gasteiger partial charge in [0.2, 0.25) is 0 Å². The van der Waals surface area contributed by atoms with E-state index in [1.54, 1.807) is 41.5 Å². The first-order valence-electron chi connectivity index (χ1n) is 5.94. The molecule has 0 heterocycles. The molecule has 4 heteroatoms. The average molecular weight is 260 g/mol. The molecule has 0 aliphatic carbocycles. The molecule has 0 rings (SSSR count). The van der Waals surface area contributed by atoms with E-state index in [9.17, 15) is 0 Å². The summed E-state index contributed by atoms with van der Waals surface area (Å²) < 4.78 is 16.8. The van der Waals surface area contributed by atoms with Crippen LogP contribution in [-0.2, 0) is 14.0 Å². The van der Waals surface area contributed by atoms with Crippen LogP contribution in [0.25, 0.3) is 0 Å². The Balaban J connectivity index is 5.04. The third-order valence-corrected chi connectivity index (χ3v) is 2.22. The zero-order valence-electron chi connectivity index (χ0n) is 12.5. The predicted octanol–water partition coefficient (Wildman–Crippen LogP) is 2.26. The van der Waals surface area contributed by atoms with Crippen molar-refractivity contribution in [2.45, 2.75) is 58.3 Å². The molecule has 0 aromatic rings. The van der Waals surface area contributed by atoms with Crippen LogP contribution in [0.1, 0.15) is 41.5 Å². The quantitative estimate of drug-likeness (QED) is 0.541. The van der Waals surface area contributed by atoms with Crippen LogP contribution in [0, 0.1) is 37.0 Å². The lowest BCUT2D eigenvalue weighted by atomic mass is 10.0. The molecule has 0 unspecified atom stereocenters. The van der Waals surface area contributed by atoms with E-state index in [-0.39, 0.29) is 0 Å². The highest BCUT2D eigenvalue weighted by atomic mass is 16.8. The SMILES string of the molecule is C#CC(C)(C)OB(OC(C)(C)C#C)OC(C)(C)C#C. The van der Waals surface area contributed by atoms with Crippen molar-refractivity contribution in [3.8, 4) is 37.0 Å². The lowest BCUT2D eigenvalue weighted by Gasteiger charge is -2.31. The van der Waals surface area contributed by atoms with Crippen LogP contribution in [0.15, 0.2) is 0 Å². The minimum absolute atomic E-state index is 0.861. The minimum Gasteiger partial charge on any atom is -0.370 e. The Bertz CT molecular complexity index is 363. The van der Waals surface area contributed by atoms with Gasteiger partial charge in [0.05, 0.1) is 0 Å². The van der Waals surface area contributed by atoms with Gasteiger partial charge in [-0.25, -0.2) is 0 Å². The third-order valence-electron chi connectivity index (χ3n) is 2.22. The molecule has 0 aromatic heterocycles. The molecule has 3 nitrogen and oxygen atoms in total. The molecule has 0 saturated heterocycles. The lowest BCUT2D eigenvalue weighted by Crippen LogP contribution is -2.46. The molecule has 0 fully saturated rings. The average Bonchev–Trinajstić information content (AvgIpc) is 2.27. The molecule has 0 N–H and O–H groups in total. The first-order chi connectivity index (χ1) is 8.47. The van der Waals surface area contributed by atoms with Crippen molar-refractivity contribution in [2.24, 2.45) is 0 Å². The fourth-order valence-electron chi connectivity index (χ4n) is 0.896. The van der Waals surface area contributed by atoms with Crippen molar-refractivity contribution < 1.29 is 14.0 Å². The van der Waals surface area contributed by atoms with Crippen molar-refractivity contribution in [3.63, 3.8) is 0 Å². The number of hydrogen-bond donors (Lipinski definition) is 0. The van der Waals surface area contributed by atoms with Gasteiger partial charge in [-0.1, -0.05) is 17.8 Å². The van der Waals surface area contributed by atoms with Crippen LogP contribution < -0.4 is 0 Å². The molecule has 0 saturated carbocycles. The van der Waals surface area contributed by atoms with Crippen LogP contribution in [0.2, 0.25) is 0 Å². The van der Waals surface area contributed by atoms with Crippen molar-refractivity contribution in [3.05, 3.63) is 0 Å². The second-order valence-electron chi connectivity index (χ2n) is 5.61. The Labute approximate surface area is 117 Å². The molecule has 0 aliphatic heterocycles. The van der Waals surface area contributed by atoms with Crippen molar-refractivity contribution in [2.75, 3.05) is 0 Å². The second-order valence-corrected chi connectivity index (χ2v) is 5.61. The maximum absolute atomic E-state index is 5.59. The summed E-state index contributed by atoms with van der Waals surface area (Å²) in [5, 5.41) is 0. The Morgan fingerprint density at radius 3 is 1.00 bits per heavy atom. The van der Waals surface area contributed by atoms with E-state index in [1.807, 2.05) is 0 Å². The van der Waals surface area contributed by atoms with Gasteiger partial charge in [-0.2, -0.15) is 0 Å². The van der Waals surface area contributed by atoms with Gasteiger partial charge in [0.1, 0.15) is 16.8 Å². The van der Waals surface area contributed by atoms with E-state index in [4.69, 9.17) is 33.2 Å². The maximum atomic E-state index is 5.59. The van der Waals surface area contributed by atoms with E-state index in [2.05, 4.69) is 17.8 Å². The summed E-state index contributed by atoms with van der Waals surface area (Å²) in [5.74, 6) is 7.48. The van der Waals surface area contributed by atoms with Crippen LogP contribution in [0.4, 0.5) is 0 Å². The van der Waals surface area contributed by atoms with Crippen molar-refractivity contribution in [1.82, 2.24) is 0 Å². The normalized spacial score (nSPS) is 12.2. The number of hydrogen-bond acceptors (Lipinski definition) is 3. The van der Waals surface area contributed by atoms with Crippen LogP contribution >= 0.6 is 0 Å². The van der Waals surface area contributed by atoms with Gasteiger partial charge in [-0.15, -0.1) is 19.3 Å². The molecule has 0 bridgehead atoms. The molecule has 102 valence electrons. The predicted molar refractivity (Wildman–Crippen MR) is 77.7 cm³/mol. The van der Waals surface area contributed by atoms with E-state index in [0.29, 0.717) is 0 Å². The van der Waals surface area contributed by atoms with Crippen LogP contribution in [-0.4, -0.2) is 24.1 Å². The molecule has 0 amide bonds. The monoisotopic (exact) mass is 260 g/mol.